The van der Waals surface area contributed by atoms with Crippen LogP contribution >= 0.6 is 0 Å². The van der Waals surface area contributed by atoms with Crippen LogP contribution in [0, 0.1) is 18.8 Å². The average Bonchev–Trinajstić information content (AvgIpc) is 3.40. The number of fused-ring (bicyclic) bond motifs is 2. The monoisotopic (exact) mass is 434 g/mol. The highest BCUT2D eigenvalue weighted by Gasteiger charge is 2.39. The van der Waals surface area contributed by atoms with Crippen molar-refractivity contribution >= 4 is 16.8 Å². The Labute approximate surface area is 186 Å². The molecule has 1 amide bonds. The number of nitrogens with one attached hydrogen (secondary N) is 3. The van der Waals surface area contributed by atoms with E-state index in [4.69, 9.17) is 0 Å². The SMILES string of the molecule is Cc1ccn(CCc2c[nH]c3ccccc23)c(=O)c1C(=O)N[C@H]1C[C@H]2CNC[C@H]2C[C@@H]1O. The van der Waals surface area contributed by atoms with Crippen LogP contribution in [0.5, 0.6) is 0 Å². The maximum absolute atomic E-state index is 13.2. The second-order valence-corrected chi connectivity index (χ2v) is 9.28. The molecule has 1 aliphatic heterocycles. The Morgan fingerprint density at radius 2 is 1.97 bits per heavy atom. The molecule has 1 aromatic carbocycles. The standard InChI is InChI=1S/C25H30N4O3/c1-15-6-8-29(9-7-16-14-27-20-5-3-2-4-19(16)20)25(32)23(15)24(31)28-21-10-17-12-26-13-18(17)11-22(21)30/h2-6,8,14,17-18,21-22,26-27,30H,7,9-13H2,1H3,(H,28,31)/t17-,18+,21-,22-/m0/s1. The van der Waals surface area contributed by atoms with E-state index < -0.39 is 6.10 Å². The molecule has 0 bridgehead atoms. The smallest absolute Gasteiger partial charge is 0.263 e. The number of carbonyl (C=O) groups is 1. The molecule has 7 heteroatoms. The third kappa shape index (κ3) is 3.87. The molecule has 4 atom stereocenters. The highest BCUT2D eigenvalue weighted by Crippen LogP contribution is 2.33. The zero-order valence-corrected chi connectivity index (χ0v) is 18.3. The Morgan fingerprint density at radius 3 is 2.81 bits per heavy atom. The quantitative estimate of drug-likeness (QED) is 0.493. The van der Waals surface area contributed by atoms with Crippen LogP contribution in [0.1, 0.15) is 34.3 Å². The zero-order valence-electron chi connectivity index (χ0n) is 18.3. The molecule has 0 radical (unpaired) electrons. The van der Waals surface area contributed by atoms with E-state index in [0.29, 0.717) is 36.8 Å². The molecule has 1 aliphatic carbocycles. The number of para-hydroxylation sites is 1. The molecule has 0 unspecified atom stereocenters. The Hall–Kier alpha value is -2.90. The molecule has 2 fully saturated rings. The molecular formula is C25H30N4O3. The van der Waals surface area contributed by atoms with Gasteiger partial charge in [0.15, 0.2) is 0 Å². The van der Waals surface area contributed by atoms with Crippen LogP contribution in [0.2, 0.25) is 0 Å². The number of H-pyrrole nitrogens is 1. The van der Waals surface area contributed by atoms with Gasteiger partial charge in [0.2, 0.25) is 0 Å². The molecule has 168 valence electrons. The van der Waals surface area contributed by atoms with Gasteiger partial charge in [-0.2, -0.15) is 0 Å². The van der Waals surface area contributed by atoms with E-state index in [2.05, 4.69) is 21.7 Å². The summed E-state index contributed by atoms with van der Waals surface area (Å²) < 4.78 is 1.61. The minimum atomic E-state index is -0.576. The number of aliphatic hydroxyl groups is 1. The fourth-order valence-electron chi connectivity index (χ4n) is 5.39. The Morgan fingerprint density at radius 1 is 1.19 bits per heavy atom. The van der Waals surface area contributed by atoms with E-state index in [0.717, 1.165) is 36.0 Å². The van der Waals surface area contributed by atoms with E-state index in [9.17, 15) is 14.7 Å². The normalized spacial score (nSPS) is 25.1. The second-order valence-electron chi connectivity index (χ2n) is 9.28. The number of benzene rings is 1. The fraction of sp³-hybridized carbons (Fsp3) is 0.440. The molecule has 7 nitrogen and oxygen atoms in total. The van der Waals surface area contributed by atoms with Gasteiger partial charge in [-0.15, -0.1) is 0 Å². The van der Waals surface area contributed by atoms with Crippen molar-refractivity contribution < 1.29 is 9.90 Å². The molecule has 3 heterocycles. The summed E-state index contributed by atoms with van der Waals surface area (Å²) in [4.78, 5) is 29.5. The number of amides is 1. The third-order valence-corrected chi connectivity index (χ3v) is 7.26. The summed E-state index contributed by atoms with van der Waals surface area (Å²) in [5.41, 5.74) is 2.76. The van der Waals surface area contributed by atoms with Crippen LogP contribution in [-0.2, 0) is 13.0 Å². The number of nitrogens with zero attached hydrogens (tertiary/aromatic N) is 1. The van der Waals surface area contributed by atoms with Crippen molar-refractivity contribution in [2.45, 2.75) is 44.9 Å². The van der Waals surface area contributed by atoms with Gasteiger partial charge in [0, 0.05) is 29.8 Å². The van der Waals surface area contributed by atoms with Gasteiger partial charge in [-0.25, -0.2) is 0 Å². The summed E-state index contributed by atoms with van der Waals surface area (Å²) in [6.45, 7) is 4.13. The third-order valence-electron chi connectivity index (χ3n) is 7.26. The predicted molar refractivity (Wildman–Crippen MR) is 124 cm³/mol. The number of rotatable bonds is 5. The average molecular weight is 435 g/mol. The van der Waals surface area contributed by atoms with Crippen molar-refractivity contribution in [1.82, 2.24) is 20.2 Å². The number of aromatic amines is 1. The topological polar surface area (TPSA) is 99.2 Å². The molecule has 3 aromatic rings. The summed E-state index contributed by atoms with van der Waals surface area (Å²) in [6, 6.07) is 9.59. The van der Waals surface area contributed by atoms with Gasteiger partial charge in [-0.3, -0.25) is 9.59 Å². The van der Waals surface area contributed by atoms with Gasteiger partial charge in [0.25, 0.3) is 11.5 Å². The number of pyridine rings is 1. The second kappa shape index (κ2) is 8.56. The molecular weight excluding hydrogens is 404 g/mol. The van der Waals surface area contributed by atoms with Gasteiger partial charge in [0.05, 0.1) is 12.1 Å². The van der Waals surface area contributed by atoms with Crippen molar-refractivity contribution in [3.8, 4) is 0 Å². The molecule has 5 rings (SSSR count). The van der Waals surface area contributed by atoms with E-state index in [1.165, 1.54) is 0 Å². The first-order valence-corrected chi connectivity index (χ1v) is 11.5. The summed E-state index contributed by atoms with van der Waals surface area (Å²) >= 11 is 0. The van der Waals surface area contributed by atoms with Crippen molar-refractivity contribution in [1.29, 1.82) is 0 Å². The molecule has 0 spiro atoms. The summed E-state index contributed by atoms with van der Waals surface area (Å²) in [6.07, 6.45) is 5.27. The Bertz CT molecular complexity index is 1200. The molecule has 4 N–H and O–H groups in total. The Balaban J connectivity index is 1.32. The fourth-order valence-corrected chi connectivity index (χ4v) is 5.39. The van der Waals surface area contributed by atoms with E-state index in [1.54, 1.807) is 17.7 Å². The van der Waals surface area contributed by atoms with Crippen LogP contribution in [0.3, 0.4) is 0 Å². The first-order chi connectivity index (χ1) is 15.5. The van der Waals surface area contributed by atoms with Gasteiger partial charge in [-0.1, -0.05) is 18.2 Å². The summed E-state index contributed by atoms with van der Waals surface area (Å²) in [7, 11) is 0. The number of aryl methyl sites for hydroxylation is 3. The minimum Gasteiger partial charge on any atom is -0.391 e. The number of carbonyl (C=O) groups excluding carboxylic acids is 1. The van der Waals surface area contributed by atoms with E-state index >= 15 is 0 Å². The molecule has 2 aromatic heterocycles. The van der Waals surface area contributed by atoms with Crippen molar-refractivity contribution in [2.75, 3.05) is 13.1 Å². The maximum atomic E-state index is 13.2. The van der Waals surface area contributed by atoms with Crippen molar-refractivity contribution in [2.24, 2.45) is 11.8 Å². The first-order valence-electron chi connectivity index (χ1n) is 11.5. The Kier molecular flexibility index (Phi) is 5.61. The van der Waals surface area contributed by atoms with E-state index in [-0.39, 0.29) is 23.1 Å². The molecule has 1 saturated carbocycles. The zero-order chi connectivity index (χ0) is 22.2. The number of hydrogen-bond donors (Lipinski definition) is 4. The van der Waals surface area contributed by atoms with Gasteiger partial charge >= 0.3 is 0 Å². The predicted octanol–water partition coefficient (Wildman–Crippen LogP) is 1.97. The number of aliphatic hydroxyl groups excluding tert-OH is 1. The lowest BCUT2D eigenvalue weighted by Gasteiger charge is -2.35. The van der Waals surface area contributed by atoms with Crippen LogP contribution in [-0.4, -0.2) is 45.8 Å². The number of aromatic nitrogens is 2. The molecule has 32 heavy (non-hydrogen) atoms. The lowest BCUT2D eigenvalue weighted by Crippen LogP contribution is -2.50. The van der Waals surface area contributed by atoms with Crippen LogP contribution in [0.25, 0.3) is 10.9 Å². The van der Waals surface area contributed by atoms with Crippen LogP contribution < -0.4 is 16.2 Å². The van der Waals surface area contributed by atoms with Crippen molar-refractivity contribution in [3.63, 3.8) is 0 Å². The summed E-state index contributed by atoms with van der Waals surface area (Å²) in [5.74, 6) is 0.550. The molecule has 1 saturated heterocycles. The largest absolute Gasteiger partial charge is 0.391 e. The highest BCUT2D eigenvalue weighted by atomic mass is 16.3. The minimum absolute atomic E-state index is 0.172. The van der Waals surface area contributed by atoms with Crippen LogP contribution in [0.15, 0.2) is 47.5 Å². The highest BCUT2D eigenvalue weighted by molar-refractivity contribution is 5.95. The van der Waals surface area contributed by atoms with Gasteiger partial charge in [0.1, 0.15) is 5.56 Å². The number of hydrogen-bond acceptors (Lipinski definition) is 4. The first kappa shape index (κ1) is 21.0. The lowest BCUT2D eigenvalue weighted by molar-refractivity contribution is 0.0461. The van der Waals surface area contributed by atoms with Gasteiger partial charge < -0.3 is 25.3 Å². The lowest BCUT2D eigenvalue weighted by atomic mass is 9.77. The molecule has 2 aliphatic rings. The maximum Gasteiger partial charge on any atom is 0.263 e. The van der Waals surface area contributed by atoms with E-state index in [1.807, 2.05) is 30.5 Å². The van der Waals surface area contributed by atoms with Gasteiger partial charge in [-0.05, 0) is 74.4 Å². The van der Waals surface area contributed by atoms with Crippen molar-refractivity contribution in [3.05, 3.63) is 69.8 Å². The summed E-state index contributed by atoms with van der Waals surface area (Å²) in [5, 5.41) is 18.0. The van der Waals surface area contributed by atoms with Crippen LogP contribution in [0.4, 0.5) is 0 Å².